The minimum atomic E-state index is -1.46. The van der Waals surface area contributed by atoms with Gasteiger partial charge in [0.15, 0.2) is 0 Å². The van der Waals surface area contributed by atoms with Crippen LogP contribution in [0.25, 0.3) is 0 Å². The van der Waals surface area contributed by atoms with Crippen molar-refractivity contribution in [3.05, 3.63) is 29.8 Å². The number of hydrogen-bond donors (Lipinski definition) is 8. The number of aliphatic carboxylic acids is 1. The summed E-state index contributed by atoms with van der Waals surface area (Å²) in [6.45, 7) is 6.49. The van der Waals surface area contributed by atoms with Crippen molar-refractivity contribution in [2.45, 2.75) is 90.0 Å². The number of amides is 4. The molecule has 9 N–H and O–H groups in total. The maximum atomic E-state index is 13.4. The molecule has 0 spiro atoms. The molecule has 43 heavy (non-hydrogen) atoms. The smallest absolute Gasteiger partial charge is 0.303 e. The van der Waals surface area contributed by atoms with Crippen LogP contribution in [0.1, 0.15) is 58.9 Å². The van der Waals surface area contributed by atoms with Crippen LogP contribution in [-0.2, 0) is 35.2 Å². The van der Waals surface area contributed by atoms with Crippen LogP contribution in [-0.4, -0.2) is 88.0 Å². The Morgan fingerprint density at radius 2 is 1.40 bits per heavy atom. The number of phenolic OH excluding ortho intramolecular Hbond substituents is 1. The van der Waals surface area contributed by atoms with Crippen LogP contribution in [0, 0.1) is 11.8 Å². The minimum Gasteiger partial charge on any atom is -0.508 e. The summed E-state index contributed by atoms with van der Waals surface area (Å²) in [6.07, 6.45) is 0.579. The van der Waals surface area contributed by atoms with Crippen molar-refractivity contribution >= 4 is 35.9 Å². The van der Waals surface area contributed by atoms with Gasteiger partial charge in [-0.05, 0) is 42.4 Å². The van der Waals surface area contributed by atoms with Gasteiger partial charge in [-0.2, -0.15) is 0 Å². The number of carboxylic acid groups (broad SMARTS) is 1. The second-order valence-corrected chi connectivity index (χ2v) is 11.0. The molecule has 0 saturated heterocycles. The summed E-state index contributed by atoms with van der Waals surface area (Å²) in [7, 11) is 0. The van der Waals surface area contributed by atoms with Crippen LogP contribution in [0.5, 0.6) is 5.75 Å². The van der Waals surface area contributed by atoms with Crippen molar-refractivity contribution in [1.29, 1.82) is 0 Å². The number of hydrogen-bond acceptors (Lipinski definition) is 9. The van der Waals surface area contributed by atoms with Crippen molar-refractivity contribution in [2.24, 2.45) is 17.6 Å². The van der Waals surface area contributed by atoms with Gasteiger partial charge in [-0.25, -0.2) is 0 Å². The Kier molecular flexibility index (Phi) is 15.9. The van der Waals surface area contributed by atoms with E-state index in [-0.39, 0.29) is 30.4 Å². The van der Waals surface area contributed by atoms with Crippen molar-refractivity contribution in [2.75, 3.05) is 6.61 Å². The van der Waals surface area contributed by atoms with Gasteiger partial charge in [0.2, 0.25) is 23.6 Å². The molecule has 0 aliphatic heterocycles. The molecule has 4 amide bonds. The normalized spacial score (nSPS) is 15.2. The lowest BCUT2D eigenvalue weighted by molar-refractivity contribution is -0.138. The van der Waals surface area contributed by atoms with Crippen LogP contribution in [0.4, 0.5) is 0 Å². The average Bonchev–Trinajstić information content (AvgIpc) is 2.95. The maximum absolute atomic E-state index is 13.4. The fourth-order valence-electron chi connectivity index (χ4n) is 4.08. The molecule has 0 unspecified atom stereocenters. The quantitative estimate of drug-likeness (QED) is 0.0925. The van der Waals surface area contributed by atoms with Gasteiger partial charge in [-0.15, -0.1) is 0 Å². The number of carboxylic acids is 1. The first-order valence-electron chi connectivity index (χ1n) is 14.2. The number of carbonyl (C=O) groups is 6. The highest BCUT2D eigenvalue weighted by Crippen LogP contribution is 2.13. The molecule has 0 aliphatic rings. The minimum absolute atomic E-state index is 0.0361. The van der Waals surface area contributed by atoms with Gasteiger partial charge in [0.25, 0.3) is 0 Å². The zero-order chi connectivity index (χ0) is 32.7. The van der Waals surface area contributed by atoms with Crippen LogP contribution in [0.15, 0.2) is 24.3 Å². The Labute approximate surface area is 251 Å². The third-order valence-electron chi connectivity index (χ3n) is 6.88. The number of aliphatic hydroxyl groups is 1. The number of nitrogens with one attached hydrogen (secondary N) is 4. The first-order chi connectivity index (χ1) is 20.2. The van der Waals surface area contributed by atoms with Crippen molar-refractivity contribution in [3.8, 4) is 5.75 Å². The molecule has 0 aliphatic carbocycles. The molecule has 0 saturated carbocycles. The fourth-order valence-corrected chi connectivity index (χ4v) is 4.08. The Bertz CT molecular complexity index is 1100. The number of carbonyl (C=O) groups excluding carboxylic acids is 5. The van der Waals surface area contributed by atoms with E-state index in [4.69, 9.17) is 10.8 Å². The molecule has 0 bridgehead atoms. The van der Waals surface area contributed by atoms with E-state index in [0.717, 1.165) is 0 Å². The van der Waals surface area contributed by atoms with Crippen LogP contribution in [0.3, 0.4) is 0 Å². The van der Waals surface area contributed by atoms with Gasteiger partial charge < -0.3 is 47.1 Å². The molecule has 0 heterocycles. The first-order valence-corrected chi connectivity index (χ1v) is 14.2. The number of phenols is 1. The molecular weight excluding hydrogens is 562 g/mol. The van der Waals surface area contributed by atoms with E-state index in [1.807, 2.05) is 20.8 Å². The van der Waals surface area contributed by atoms with Gasteiger partial charge in [0.1, 0.15) is 30.2 Å². The fraction of sp³-hybridized carbons (Fsp3) is 0.586. The lowest BCUT2D eigenvalue weighted by Crippen LogP contribution is -2.59. The maximum Gasteiger partial charge on any atom is 0.303 e. The SMILES string of the molecule is CC[C@H](C)[C@@H](C=O)NC(=O)[C@H](CO)NC(=O)[C@H](Cc1ccc(O)cc1)NC(=O)[C@H](CCC(=O)O)NC(=O)[C@@H](N)CC(C)C. The number of benzene rings is 1. The molecule has 240 valence electrons. The van der Waals surface area contributed by atoms with Gasteiger partial charge in [0.05, 0.1) is 18.7 Å². The molecule has 14 nitrogen and oxygen atoms in total. The molecule has 1 rings (SSSR count). The Hall–Kier alpha value is -4.04. The number of aromatic hydroxyl groups is 1. The zero-order valence-corrected chi connectivity index (χ0v) is 25.0. The van der Waals surface area contributed by atoms with Crippen LogP contribution in [0.2, 0.25) is 0 Å². The molecule has 0 fully saturated rings. The highest BCUT2D eigenvalue weighted by atomic mass is 16.4. The number of aliphatic hydroxyl groups excluding tert-OH is 1. The molecule has 0 aromatic heterocycles. The Morgan fingerprint density at radius 3 is 1.91 bits per heavy atom. The molecule has 14 heteroatoms. The molecule has 1 aromatic carbocycles. The summed E-state index contributed by atoms with van der Waals surface area (Å²) < 4.78 is 0. The predicted octanol–water partition coefficient (Wildman–Crippen LogP) is -0.651. The van der Waals surface area contributed by atoms with E-state index in [2.05, 4.69) is 21.3 Å². The summed E-state index contributed by atoms with van der Waals surface area (Å²) in [4.78, 5) is 74.8. The van der Waals surface area contributed by atoms with Gasteiger partial charge in [-0.3, -0.25) is 24.0 Å². The highest BCUT2D eigenvalue weighted by Gasteiger charge is 2.31. The third kappa shape index (κ3) is 13.2. The number of rotatable bonds is 19. The second kappa shape index (κ2) is 18.5. The first kappa shape index (κ1) is 37.0. The van der Waals surface area contributed by atoms with Crippen molar-refractivity contribution in [3.63, 3.8) is 0 Å². The van der Waals surface area contributed by atoms with Crippen molar-refractivity contribution in [1.82, 2.24) is 21.3 Å². The Morgan fingerprint density at radius 1 is 0.860 bits per heavy atom. The molecule has 6 atom stereocenters. The van der Waals surface area contributed by atoms with Gasteiger partial charge >= 0.3 is 5.97 Å². The standard InChI is InChI=1S/C29H45N5O9/c1-5-17(4)23(14-35)33-29(43)24(15-36)34-28(42)22(13-18-6-8-19(37)9-7-18)32-27(41)21(10-11-25(38)39)31-26(40)20(30)12-16(2)3/h6-9,14,16-17,20-24,36-37H,5,10-13,15,30H2,1-4H3,(H,31,40)(H,32,41)(H,33,43)(H,34,42)(H,38,39)/t17-,20-,21-,22-,23+,24-/m0/s1. The predicted molar refractivity (Wildman–Crippen MR) is 156 cm³/mol. The lowest BCUT2D eigenvalue weighted by atomic mass is 10.00. The van der Waals surface area contributed by atoms with E-state index in [1.54, 1.807) is 6.92 Å². The molecular formula is C29H45N5O9. The average molecular weight is 608 g/mol. The zero-order valence-electron chi connectivity index (χ0n) is 25.0. The topological polar surface area (TPSA) is 237 Å². The summed E-state index contributed by atoms with van der Waals surface area (Å²) in [5, 5.41) is 38.5. The number of nitrogens with two attached hydrogens (primary N) is 1. The summed E-state index contributed by atoms with van der Waals surface area (Å²) >= 11 is 0. The third-order valence-corrected chi connectivity index (χ3v) is 6.88. The van der Waals surface area contributed by atoms with Gasteiger partial charge in [-0.1, -0.05) is 46.2 Å². The lowest BCUT2D eigenvalue weighted by Gasteiger charge is -2.26. The molecule has 0 radical (unpaired) electrons. The van der Waals surface area contributed by atoms with Crippen LogP contribution < -0.4 is 27.0 Å². The van der Waals surface area contributed by atoms with E-state index in [0.29, 0.717) is 24.7 Å². The van der Waals surface area contributed by atoms with Gasteiger partial charge in [0, 0.05) is 12.8 Å². The molecule has 1 aromatic rings. The second-order valence-electron chi connectivity index (χ2n) is 11.0. The van der Waals surface area contributed by atoms with Crippen LogP contribution >= 0.6 is 0 Å². The summed E-state index contributed by atoms with van der Waals surface area (Å²) in [5.74, 6) is -4.59. The number of aldehydes is 1. The monoisotopic (exact) mass is 607 g/mol. The highest BCUT2D eigenvalue weighted by molar-refractivity contribution is 5.95. The largest absolute Gasteiger partial charge is 0.508 e. The van der Waals surface area contributed by atoms with E-state index in [9.17, 15) is 39.0 Å². The summed E-state index contributed by atoms with van der Waals surface area (Å²) in [6, 6.07) is -0.216. The van der Waals surface area contributed by atoms with E-state index in [1.165, 1.54) is 24.3 Å². The van der Waals surface area contributed by atoms with E-state index >= 15 is 0 Å². The van der Waals surface area contributed by atoms with E-state index < -0.39 is 72.8 Å². The Balaban J connectivity index is 3.22. The summed E-state index contributed by atoms with van der Waals surface area (Å²) in [5.41, 5.74) is 6.43. The van der Waals surface area contributed by atoms with Crippen molar-refractivity contribution < 1.29 is 44.1 Å².